The van der Waals surface area contributed by atoms with Crippen molar-refractivity contribution in [3.05, 3.63) is 33.8 Å². The molecule has 0 saturated carbocycles. The molecule has 27 heavy (non-hydrogen) atoms. The van der Waals surface area contributed by atoms with Crippen molar-refractivity contribution >= 4 is 35.0 Å². The first-order valence-corrected chi connectivity index (χ1v) is 10.5. The highest BCUT2D eigenvalue weighted by Crippen LogP contribution is 2.23. The summed E-state index contributed by atoms with van der Waals surface area (Å²) in [4.78, 5) is 31.6. The molecule has 1 unspecified atom stereocenters. The largest absolute Gasteiger partial charge is 0.341 e. The predicted octanol–water partition coefficient (Wildman–Crippen LogP) is 3.54. The number of hydrogen-bond acceptors (Lipinski definition) is 3. The van der Waals surface area contributed by atoms with E-state index in [-0.39, 0.29) is 17.9 Å². The van der Waals surface area contributed by atoms with Crippen LogP contribution >= 0.6 is 23.2 Å². The van der Waals surface area contributed by atoms with Gasteiger partial charge in [-0.1, -0.05) is 36.0 Å². The summed E-state index contributed by atoms with van der Waals surface area (Å²) in [7, 11) is 0. The monoisotopic (exact) mass is 411 g/mol. The molecule has 0 spiro atoms. The number of amides is 2. The van der Waals surface area contributed by atoms with E-state index in [0.29, 0.717) is 41.8 Å². The Morgan fingerprint density at radius 2 is 1.52 bits per heavy atom. The lowest BCUT2D eigenvalue weighted by molar-refractivity contribution is -0.136. The Morgan fingerprint density at radius 3 is 2.11 bits per heavy atom. The van der Waals surface area contributed by atoms with Gasteiger partial charge in [-0.2, -0.15) is 0 Å². The molecule has 2 aliphatic rings. The van der Waals surface area contributed by atoms with Crippen LogP contribution in [-0.2, 0) is 4.79 Å². The Morgan fingerprint density at radius 1 is 0.889 bits per heavy atom. The van der Waals surface area contributed by atoms with Gasteiger partial charge in [0, 0.05) is 44.3 Å². The zero-order valence-electron chi connectivity index (χ0n) is 15.8. The SMILES string of the molecule is CC(C(=O)N1CCCCCC1)N1CCN(C(=O)c2ccc(Cl)cc2Cl)CC1. The van der Waals surface area contributed by atoms with Gasteiger partial charge in [0.15, 0.2) is 0 Å². The number of piperazine rings is 1. The maximum absolute atomic E-state index is 12.8. The quantitative estimate of drug-likeness (QED) is 0.763. The van der Waals surface area contributed by atoms with Crippen LogP contribution in [0.2, 0.25) is 10.0 Å². The van der Waals surface area contributed by atoms with Crippen molar-refractivity contribution in [3.8, 4) is 0 Å². The van der Waals surface area contributed by atoms with E-state index in [0.717, 1.165) is 25.9 Å². The van der Waals surface area contributed by atoms with E-state index < -0.39 is 0 Å². The Labute approximate surface area is 171 Å². The Bertz CT molecular complexity index is 682. The molecule has 3 rings (SSSR count). The Kier molecular flexibility index (Phi) is 7.01. The number of likely N-dealkylation sites (tertiary alicyclic amines) is 1. The zero-order chi connectivity index (χ0) is 19.4. The van der Waals surface area contributed by atoms with E-state index in [1.807, 2.05) is 11.8 Å². The number of halogens is 2. The van der Waals surface area contributed by atoms with E-state index in [4.69, 9.17) is 23.2 Å². The smallest absolute Gasteiger partial charge is 0.255 e. The number of carbonyl (C=O) groups is 2. The van der Waals surface area contributed by atoms with Gasteiger partial charge in [-0.05, 0) is 38.0 Å². The first kappa shape index (κ1) is 20.4. The highest BCUT2D eigenvalue weighted by atomic mass is 35.5. The molecule has 2 amide bonds. The fourth-order valence-electron chi connectivity index (χ4n) is 3.86. The van der Waals surface area contributed by atoms with Gasteiger partial charge in [-0.15, -0.1) is 0 Å². The molecule has 1 atom stereocenters. The molecule has 2 fully saturated rings. The fourth-order valence-corrected chi connectivity index (χ4v) is 4.35. The normalized spacial score (nSPS) is 20.3. The van der Waals surface area contributed by atoms with E-state index >= 15 is 0 Å². The lowest BCUT2D eigenvalue weighted by Gasteiger charge is -2.39. The molecule has 1 aromatic carbocycles. The van der Waals surface area contributed by atoms with Crippen LogP contribution in [0.3, 0.4) is 0 Å². The van der Waals surface area contributed by atoms with Crippen molar-refractivity contribution in [2.75, 3.05) is 39.3 Å². The molecule has 0 N–H and O–H groups in total. The third-order valence-electron chi connectivity index (χ3n) is 5.59. The van der Waals surface area contributed by atoms with Crippen LogP contribution in [0.4, 0.5) is 0 Å². The summed E-state index contributed by atoms with van der Waals surface area (Å²) in [5.41, 5.74) is 0.475. The predicted molar refractivity (Wildman–Crippen MR) is 108 cm³/mol. The third-order valence-corrected chi connectivity index (χ3v) is 6.13. The minimum absolute atomic E-state index is 0.0807. The van der Waals surface area contributed by atoms with Crippen LogP contribution in [0.5, 0.6) is 0 Å². The average Bonchev–Trinajstić information content (AvgIpc) is 2.96. The van der Waals surface area contributed by atoms with Gasteiger partial charge in [-0.3, -0.25) is 14.5 Å². The van der Waals surface area contributed by atoms with Crippen LogP contribution in [0.1, 0.15) is 43.0 Å². The van der Waals surface area contributed by atoms with Crippen molar-refractivity contribution in [1.29, 1.82) is 0 Å². The van der Waals surface area contributed by atoms with E-state index in [1.54, 1.807) is 23.1 Å². The van der Waals surface area contributed by atoms with Crippen molar-refractivity contribution < 1.29 is 9.59 Å². The highest BCUT2D eigenvalue weighted by Gasteiger charge is 2.30. The maximum Gasteiger partial charge on any atom is 0.255 e. The molecule has 1 aromatic rings. The summed E-state index contributed by atoms with van der Waals surface area (Å²) in [5, 5.41) is 0.891. The summed E-state index contributed by atoms with van der Waals surface area (Å²) in [6, 6.07) is 4.80. The van der Waals surface area contributed by atoms with E-state index in [2.05, 4.69) is 4.90 Å². The summed E-state index contributed by atoms with van der Waals surface area (Å²) in [6.07, 6.45) is 4.63. The van der Waals surface area contributed by atoms with Crippen molar-refractivity contribution in [3.63, 3.8) is 0 Å². The second kappa shape index (κ2) is 9.26. The molecule has 2 aliphatic heterocycles. The first-order valence-electron chi connectivity index (χ1n) is 9.74. The number of rotatable bonds is 3. The van der Waals surface area contributed by atoms with Crippen molar-refractivity contribution in [2.45, 2.75) is 38.6 Å². The molecular weight excluding hydrogens is 385 g/mol. The van der Waals surface area contributed by atoms with Crippen LogP contribution in [0.25, 0.3) is 0 Å². The molecule has 2 heterocycles. The van der Waals surface area contributed by atoms with Crippen LogP contribution < -0.4 is 0 Å². The zero-order valence-corrected chi connectivity index (χ0v) is 17.3. The molecule has 0 bridgehead atoms. The lowest BCUT2D eigenvalue weighted by atomic mass is 10.1. The third kappa shape index (κ3) is 4.95. The molecule has 5 nitrogen and oxygen atoms in total. The van der Waals surface area contributed by atoms with Crippen molar-refractivity contribution in [1.82, 2.24) is 14.7 Å². The van der Waals surface area contributed by atoms with Gasteiger partial charge >= 0.3 is 0 Å². The summed E-state index contributed by atoms with van der Waals surface area (Å²) < 4.78 is 0. The van der Waals surface area contributed by atoms with Crippen LogP contribution in [-0.4, -0.2) is 71.8 Å². The topological polar surface area (TPSA) is 43.9 Å². The van der Waals surface area contributed by atoms with Gasteiger partial charge in [-0.25, -0.2) is 0 Å². The minimum atomic E-state index is -0.139. The molecule has 0 radical (unpaired) electrons. The second-order valence-electron chi connectivity index (χ2n) is 7.37. The van der Waals surface area contributed by atoms with Gasteiger partial charge in [0.1, 0.15) is 0 Å². The Balaban J connectivity index is 1.56. The van der Waals surface area contributed by atoms with Crippen LogP contribution in [0.15, 0.2) is 18.2 Å². The molecule has 148 valence electrons. The van der Waals surface area contributed by atoms with Gasteiger partial charge < -0.3 is 9.80 Å². The number of hydrogen-bond donors (Lipinski definition) is 0. The summed E-state index contributed by atoms with van der Waals surface area (Å²) in [5.74, 6) is 0.139. The summed E-state index contributed by atoms with van der Waals surface area (Å²) >= 11 is 12.1. The molecule has 0 aromatic heterocycles. The number of carbonyl (C=O) groups excluding carboxylic acids is 2. The summed E-state index contributed by atoms with van der Waals surface area (Å²) in [6.45, 7) is 6.30. The van der Waals surface area contributed by atoms with Gasteiger partial charge in [0.25, 0.3) is 5.91 Å². The van der Waals surface area contributed by atoms with Gasteiger partial charge in [0.05, 0.1) is 16.6 Å². The van der Waals surface area contributed by atoms with Crippen LogP contribution in [0, 0.1) is 0 Å². The van der Waals surface area contributed by atoms with E-state index in [9.17, 15) is 9.59 Å². The molecular formula is C20H27Cl2N3O2. The lowest BCUT2D eigenvalue weighted by Crippen LogP contribution is -2.55. The maximum atomic E-state index is 12.8. The second-order valence-corrected chi connectivity index (χ2v) is 8.21. The molecule has 0 aliphatic carbocycles. The van der Waals surface area contributed by atoms with Crippen molar-refractivity contribution in [2.24, 2.45) is 0 Å². The fraction of sp³-hybridized carbons (Fsp3) is 0.600. The average molecular weight is 412 g/mol. The highest BCUT2D eigenvalue weighted by molar-refractivity contribution is 6.36. The first-order chi connectivity index (χ1) is 13.0. The minimum Gasteiger partial charge on any atom is -0.341 e. The van der Waals surface area contributed by atoms with Gasteiger partial charge in [0.2, 0.25) is 5.91 Å². The molecule has 2 saturated heterocycles. The standard InChI is InChI=1S/C20H27Cl2N3O2/c1-15(19(26)24-8-4-2-3-5-9-24)23-10-12-25(13-11-23)20(27)17-7-6-16(21)14-18(17)22/h6-7,14-15H,2-5,8-13H2,1H3. The van der Waals surface area contributed by atoms with E-state index in [1.165, 1.54) is 12.8 Å². The molecule has 7 heteroatoms. The number of benzene rings is 1. The number of nitrogens with zero attached hydrogens (tertiary/aromatic N) is 3. The Hall–Kier alpha value is -1.30.